The van der Waals surface area contributed by atoms with Crippen molar-refractivity contribution >= 4 is 5.91 Å². The lowest BCUT2D eigenvalue weighted by molar-refractivity contribution is 0.0788. The van der Waals surface area contributed by atoms with Crippen molar-refractivity contribution in [3.05, 3.63) is 35.1 Å². The normalized spacial score (nSPS) is 13.6. The highest BCUT2D eigenvalue weighted by molar-refractivity contribution is 5.96. The number of rotatable bonds is 3. The summed E-state index contributed by atoms with van der Waals surface area (Å²) in [6.07, 6.45) is 2.33. The monoisotopic (exact) mass is 260 g/mol. The van der Waals surface area contributed by atoms with Gasteiger partial charge in [0, 0.05) is 19.2 Å². The van der Waals surface area contributed by atoms with Gasteiger partial charge in [-0.2, -0.15) is 0 Å². The molecule has 100 valence electrons. The molecule has 0 radical (unpaired) electrons. The summed E-state index contributed by atoms with van der Waals surface area (Å²) < 4.78 is 13.3. The molecule has 1 aromatic rings. The number of carbonyl (C=O) groups is 1. The van der Waals surface area contributed by atoms with Gasteiger partial charge in [0.1, 0.15) is 5.82 Å². The Labute approximate surface area is 112 Å². The Balaban J connectivity index is 2.24. The van der Waals surface area contributed by atoms with Crippen LogP contribution in [0.15, 0.2) is 18.2 Å². The highest BCUT2D eigenvalue weighted by Crippen LogP contribution is 2.29. The van der Waals surface area contributed by atoms with Gasteiger partial charge in [-0.15, -0.1) is 0 Å². The molecule has 3 nitrogen and oxygen atoms in total. The Morgan fingerprint density at radius 2 is 2.26 bits per heavy atom. The summed E-state index contributed by atoms with van der Waals surface area (Å²) in [6.45, 7) is 0.933. The molecule has 1 amide bonds. The fraction of sp³-hybridized carbons (Fsp3) is 0.400. The molecule has 1 aromatic carbocycles. The number of benzene rings is 1. The minimum Gasteiger partial charge on any atom is -0.341 e. The van der Waals surface area contributed by atoms with Crippen LogP contribution in [0.1, 0.15) is 28.8 Å². The second kappa shape index (κ2) is 5.85. The third-order valence-electron chi connectivity index (χ3n) is 3.11. The van der Waals surface area contributed by atoms with Crippen LogP contribution >= 0.6 is 0 Å². The predicted octanol–water partition coefficient (Wildman–Crippen LogP) is 1.62. The van der Waals surface area contributed by atoms with E-state index in [0.29, 0.717) is 17.0 Å². The lowest BCUT2D eigenvalue weighted by Crippen LogP contribution is -2.29. The lowest BCUT2D eigenvalue weighted by Gasteiger charge is -2.17. The maximum absolute atomic E-state index is 13.3. The first-order valence-corrected chi connectivity index (χ1v) is 6.35. The molecule has 0 atom stereocenters. The van der Waals surface area contributed by atoms with Crippen molar-refractivity contribution in [2.45, 2.75) is 12.8 Å². The summed E-state index contributed by atoms with van der Waals surface area (Å²) in [7, 11) is 1.74. The topological polar surface area (TPSA) is 46.3 Å². The molecular weight excluding hydrogens is 243 g/mol. The van der Waals surface area contributed by atoms with Gasteiger partial charge in [0.2, 0.25) is 0 Å². The largest absolute Gasteiger partial charge is 0.341 e. The second-order valence-electron chi connectivity index (χ2n) is 4.82. The predicted molar refractivity (Wildman–Crippen MR) is 72.0 cm³/mol. The van der Waals surface area contributed by atoms with E-state index in [0.717, 1.165) is 6.54 Å². The van der Waals surface area contributed by atoms with Gasteiger partial charge in [0.05, 0.1) is 12.1 Å². The van der Waals surface area contributed by atoms with Crippen LogP contribution < -0.4 is 5.73 Å². The Kier molecular flexibility index (Phi) is 4.18. The zero-order chi connectivity index (χ0) is 13.8. The van der Waals surface area contributed by atoms with Crippen molar-refractivity contribution in [3.8, 4) is 11.8 Å². The number of hydrogen-bond donors (Lipinski definition) is 1. The van der Waals surface area contributed by atoms with Crippen molar-refractivity contribution in [1.29, 1.82) is 0 Å². The molecule has 0 saturated heterocycles. The highest BCUT2D eigenvalue weighted by Gasteiger charge is 2.26. The number of nitrogens with zero attached hydrogens (tertiary/aromatic N) is 1. The quantitative estimate of drug-likeness (QED) is 0.839. The third-order valence-corrected chi connectivity index (χ3v) is 3.11. The molecule has 2 rings (SSSR count). The zero-order valence-electron chi connectivity index (χ0n) is 10.9. The van der Waals surface area contributed by atoms with Crippen LogP contribution in [-0.4, -0.2) is 30.9 Å². The van der Waals surface area contributed by atoms with Gasteiger partial charge >= 0.3 is 0 Å². The van der Waals surface area contributed by atoms with Gasteiger partial charge in [0.15, 0.2) is 0 Å². The van der Waals surface area contributed by atoms with Crippen LogP contribution in [0.25, 0.3) is 0 Å². The molecule has 0 spiro atoms. The van der Waals surface area contributed by atoms with Crippen LogP contribution in [0.2, 0.25) is 0 Å². The van der Waals surface area contributed by atoms with Crippen LogP contribution in [-0.2, 0) is 0 Å². The zero-order valence-corrected chi connectivity index (χ0v) is 10.9. The van der Waals surface area contributed by atoms with Crippen molar-refractivity contribution in [2.75, 3.05) is 20.1 Å². The fourth-order valence-electron chi connectivity index (χ4n) is 1.92. The van der Waals surface area contributed by atoms with E-state index in [1.54, 1.807) is 11.9 Å². The second-order valence-corrected chi connectivity index (χ2v) is 4.82. The first-order chi connectivity index (χ1) is 9.11. The van der Waals surface area contributed by atoms with Crippen LogP contribution in [0.4, 0.5) is 4.39 Å². The van der Waals surface area contributed by atoms with Crippen LogP contribution in [0.3, 0.4) is 0 Å². The average molecular weight is 260 g/mol. The molecule has 1 fully saturated rings. The summed E-state index contributed by atoms with van der Waals surface area (Å²) in [5.74, 6) is 5.49. The van der Waals surface area contributed by atoms with Crippen molar-refractivity contribution in [3.63, 3.8) is 0 Å². The molecule has 19 heavy (non-hydrogen) atoms. The molecular formula is C15H17FN2O. The molecule has 1 aliphatic rings. The van der Waals surface area contributed by atoms with Gasteiger partial charge in [-0.1, -0.05) is 11.8 Å². The fourth-order valence-corrected chi connectivity index (χ4v) is 1.92. The lowest BCUT2D eigenvalue weighted by atomic mass is 10.1. The Morgan fingerprint density at radius 1 is 1.53 bits per heavy atom. The summed E-state index contributed by atoms with van der Waals surface area (Å²) in [6, 6.07) is 4.07. The third kappa shape index (κ3) is 3.55. The summed E-state index contributed by atoms with van der Waals surface area (Å²) in [5, 5.41) is 0. The van der Waals surface area contributed by atoms with Gasteiger partial charge in [-0.05, 0) is 37.0 Å². The van der Waals surface area contributed by atoms with Gasteiger partial charge in [-0.25, -0.2) is 4.39 Å². The molecule has 0 aromatic heterocycles. The minimum atomic E-state index is -0.429. The number of hydrogen-bond acceptors (Lipinski definition) is 2. The Morgan fingerprint density at radius 3 is 2.89 bits per heavy atom. The standard InChI is InChI=1S/C15H17FN2O/c1-18(10-11-4-5-11)15(19)14-9-13(16)7-6-12(14)3-2-8-17/h6-7,9,11H,4-5,8,10,17H2,1H3. The molecule has 4 heteroatoms. The molecule has 1 aliphatic carbocycles. The van der Waals surface area contributed by atoms with E-state index in [1.165, 1.54) is 31.0 Å². The smallest absolute Gasteiger partial charge is 0.254 e. The first-order valence-electron chi connectivity index (χ1n) is 6.35. The van der Waals surface area contributed by atoms with Gasteiger partial charge in [-0.3, -0.25) is 4.79 Å². The number of halogens is 1. The maximum atomic E-state index is 13.3. The molecule has 0 aliphatic heterocycles. The van der Waals surface area contributed by atoms with E-state index in [9.17, 15) is 9.18 Å². The van der Waals surface area contributed by atoms with E-state index < -0.39 is 5.82 Å². The van der Waals surface area contributed by atoms with Gasteiger partial charge < -0.3 is 10.6 Å². The minimum absolute atomic E-state index is 0.187. The maximum Gasteiger partial charge on any atom is 0.254 e. The van der Waals surface area contributed by atoms with E-state index in [4.69, 9.17) is 5.73 Å². The van der Waals surface area contributed by atoms with Crippen molar-refractivity contribution in [1.82, 2.24) is 4.90 Å². The van der Waals surface area contributed by atoms with Crippen LogP contribution in [0.5, 0.6) is 0 Å². The van der Waals surface area contributed by atoms with Crippen LogP contribution in [0, 0.1) is 23.6 Å². The van der Waals surface area contributed by atoms with E-state index in [-0.39, 0.29) is 12.5 Å². The average Bonchev–Trinajstić information content (AvgIpc) is 3.20. The van der Waals surface area contributed by atoms with Gasteiger partial charge in [0.25, 0.3) is 5.91 Å². The Hall–Kier alpha value is -1.86. The number of nitrogens with two attached hydrogens (primary N) is 1. The molecule has 0 unspecified atom stereocenters. The Bertz CT molecular complexity index is 541. The molecule has 1 saturated carbocycles. The molecule has 0 heterocycles. The van der Waals surface area contributed by atoms with Crippen molar-refractivity contribution < 1.29 is 9.18 Å². The highest BCUT2D eigenvalue weighted by atomic mass is 19.1. The molecule has 0 bridgehead atoms. The van der Waals surface area contributed by atoms with Crippen molar-refractivity contribution in [2.24, 2.45) is 11.7 Å². The van der Waals surface area contributed by atoms with E-state index in [2.05, 4.69) is 11.8 Å². The molecule has 2 N–H and O–H groups in total. The SMILES string of the molecule is CN(CC1CC1)C(=O)c1cc(F)ccc1C#CCN. The van der Waals surface area contributed by atoms with E-state index >= 15 is 0 Å². The summed E-state index contributed by atoms with van der Waals surface area (Å²) >= 11 is 0. The summed E-state index contributed by atoms with van der Waals surface area (Å²) in [4.78, 5) is 13.9. The van der Waals surface area contributed by atoms with E-state index in [1.807, 2.05) is 0 Å². The number of carbonyl (C=O) groups excluding carboxylic acids is 1. The summed E-state index contributed by atoms with van der Waals surface area (Å²) in [5.41, 5.74) is 6.16. The number of amides is 1. The first kappa shape index (κ1) is 13.6.